The van der Waals surface area contributed by atoms with E-state index < -0.39 is 11.9 Å². The van der Waals surface area contributed by atoms with Crippen LogP contribution in [0.3, 0.4) is 0 Å². The van der Waals surface area contributed by atoms with Crippen molar-refractivity contribution in [2.24, 2.45) is 0 Å². The summed E-state index contributed by atoms with van der Waals surface area (Å²) in [5.41, 5.74) is 4.28. The molecular weight excluding hydrogens is 482 g/mol. The van der Waals surface area contributed by atoms with Crippen molar-refractivity contribution in [1.82, 2.24) is 15.3 Å². The summed E-state index contributed by atoms with van der Waals surface area (Å²) in [5.74, 6) is -1.66. The van der Waals surface area contributed by atoms with Gasteiger partial charge in [0.25, 0.3) is 5.91 Å². The first-order valence-electron chi connectivity index (χ1n) is 10.5. The number of carboxylic acids is 1. The standard InChI is InChI=1S/C26H22BrN3O3/c1-16-24(26(33)29-15-18(13-23(31)32)21-9-5-6-12-28-21)20-14-19(27)10-11-22(20)30-25(16)17-7-3-2-4-8-17/h2-12,14,18H,13,15H2,1H3,(H,29,33)(H,31,32)/t18-/m0/s1. The number of nitrogens with one attached hydrogen (secondary N) is 1. The first-order chi connectivity index (χ1) is 15.9. The Morgan fingerprint density at radius 1 is 1.06 bits per heavy atom. The van der Waals surface area contributed by atoms with Crippen LogP contribution in [0.1, 0.15) is 34.0 Å². The number of carbonyl (C=O) groups excluding carboxylic acids is 1. The minimum Gasteiger partial charge on any atom is -0.481 e. The molecule has 33 heavy (non-hydrogen) atoms. The zero-order valence-corrected chi connectivity index (χ0v) is 19.5. The Kier molecular flexibility index (Phi) is 6.79. The van der Waals surface area contributed by atoms with Crippen LogP contribution in [0.4, 0.5) is 0 Å². The van der Waals surface area contributed by atoms with Crippen LogP contribution in [-0.4, -0.2) is 33.5 Å². The molecule has 0 fully saturated rings. The molecule has 4 aromatic rings. The maximum absolute atomic E-state index is 13.5. The first-order valence-corrected chi connectivity index (χ1v) is 11.3. The lowest BCUT2D eigenvalue weighted by molar-refractivity contribution is -0.137. The van der Waals surface area contributed by atoms with Gasteiger partial charge in [-0.2, -0.15) is 0 Å². The summed E-state index contributed by atoms with van der Waals surface area (Å²) >= 11 is 3.49. The van der Waals surface area contributed by atoms with Crippen molar-refractivity contribution < 1.29 is 14.7 Å². The summed E-state index contributed by atoms with van der Waals surface area (Å²) in [7, 11) is 0. The van der Waals surface area contributed by atoms with Crippen LogP contribution < -0.4 is 5.32 Å². The van der Waals surface area contributed by atoms with Crippen molar-refractivity contribution in [3.8, 4) is 11.3 Å². The number of benzene rings is 2. The lowest BCUT2D eigenvalue weighted by Crippen LogP contribution is -2.30. The van der Waals surface area contributed by atoms with E-state index in [1.165, 1.54) is 0 Å². The molecule has 2 aromatic carbocycles. The minimum absolute atomic E-state index is 0.131. The molecule has 4 rings (SSSR count). The molecule has 1 atom stereocenters. The number of hydrogen-bond acceptors (Lipinski definition) is 4. The van der Waals surface area contributed by atoms with Crippen LogP contribution in [0.5, 0.6) is 0 Å². The molecule has 0 spiro atoms. The lowest BCUT2D eigenvalue weighted by atomic mass is 9.96. The third-order valence-electron chi connectivity index (χ3n) is 5.50. The third kappa shape index (κ3) is 5.09. The molecule has 0 saturated carbocycles. The maximum atomic E-state index is 13.5. The highest BCUT2D eigenvalue weighted by Crippen LogP contribution is 2.31. The zero-order chi connectivity index (χ0) is 23.4. The Morgan fingerprint density at radius 3 is 2.52 bits per heavy atom. The van der Waals surface area contributed by atoms with E-state index in [1.54, 1.807) is 18.3 Å². The molecule has 0 aliphatic rings. The van der Waals surface area contributed by atoms with Crippen LogP contribution in [0.2, 0.25) is 0 Å². The Bertz CT molecular complexity index is 1310. The predicted octanol–water partition coefficient (Wildman–Crippen LogP) is 5.36. The normalized spacial score (nSPS) is 11.8. The van der Waals surface area contributed by atoms with E-state index in [9.17, 15) is 14.7 Å². The molecule has 166 valence electrons. The fourth-order valence-corrected chi connectivity index (χ4v) is 4.28. The van der Waals surface area contributed by atoms with E-state index >= 15 is 0 Å². The molecule has 0 aliphatic heterocycles. The number of rotatable bonds is 7. The molecule has 0 saturated heterocycles. The summed E-state index contributed by atoms with van der Waals surface area (Å²) in [6.45, 7) is 2.04. The molecule has 7 heteroatoms. The van der Waals surface area contributed by atoms with Crippen LogP contribution in [0.15, 0.2) is 77.4 Å². The number of fused-ring (bicyclic) bond motifs is 1. The molecule has 0 unspecified atom stereocenters. The van der Waals surface area contributed by atoms with E-state index in [-0.39, 0.29) is 18.9 Å². The second-order valence-electron chi connectivity index (χ2n) is 7.75. The number of aromatic nitrogens is 2. The average molecular weight is 504 g/mol. The summed E-state index contributed by atoms with van der Waals surface area (Å²) in [6, 6.07) is 20.7. The second-order valence-corrected chi connectivity index (χ2v) is 8.66. The van der Waals surface area contributed by atoms with E-state index in [0.29, 0.717) is 16.8 Å². The number of aliphatic carboxylic acids is 1. The minimum atomic E-state index is -0.944. The van der Waals surface area contributed by atoms with Crippen molar-refractivity contribution in [2.45, 2.75) is 19.3 Å². The maximum Gasteiger partial charge on any atom is 0.304 e. The summed E-state index contributed by atoms with van der Waals surface area (Å²) in [4.78, 5) is 34.0. The van der Waals surface area contributed by atoms with Crippen molar-refractivity contribution in [1.29, 1.82) is 0 Å². The van der Waals surface area contributed by atoms with Crippen LogP contribution >= 0.6 is 15.9 Å². The Balaban J connectivity index is 1.73. The first kappa shape index (κ1) is 22.6. The summed E-state index contributed by atoms with van der Waals surface area (Å²) < 4.78 is 0.843. The van der Waals surface area contributed by atoms with Crippen molar-refractivity contribution >= 4 is 38.7 Å². The Morgan fingerprint density at radius 2 is 1.82 bits per heavy atom. The van der Waals surface area contributed by atoms with Crippen molar-refractivity contribution in [3.05, 3.63) is 94.2 Å². The van der Waals surface area contributed by atoms with Crippen molar-refractivity contribution in [3.63, 3.8) is 0 Å². The van der Waals surface area contributed by atoms with Gasteiger partial charge < -0.3 is 10.4 Å². The highest BCUT2D eigenvalue weighted by molar-refractivity contribution is 9.10. The summed E-state index contributed by atoms with van der Waals surface area (Å²) in [6.07, 6.45) is 1.49. The van der Waals surface area contributed by atoms with Gasteiger partial charge in [0, 0.05) is 39.8 Å². The van der Waals surface area contributed by atoms with Crippen LogP contribution in [0, 0.1) is 6.92 Å². The van der Waals surface area contributed by atoms with Gasteiger partial charge >= 0.3 is 5.97 Å². The molecule has 0 bridgehead atoms. The number of carboxylic acid groups (broad SMARTS) is 1. The number of halogens is 1. The average Bonchev–Trinajstić information content (AvgIpc) is 2.82. The predicted molar refractivity (Wildman–Crippen MR) is 131 cm³/mol. The van der Waals surface area contributed by atoms with Crippen LogP contribution in [0.25, 0.3) is 22.2 Å². The van der Waals surface area contributed by atoms with E-state index in [1.807, 2.05) is 61.5 Å². The van der Waals surface area contributed by atoms with Gasteiger partial charge in [0.05, 0.1) is 23.2 Å². The summed E-state index contributed by atoms with van der Waals surface area (Å²) in [5, 5.41) is 13.0. The van der Waals surface area contributed by atoms with Gasteiger partial charge in [-0.05, 0) is 42.8 Å². The number of pyridine rings is 2. The zero-order valence-electron chi connectivity index (χ0n) is 18.0. The molecule has 2 heterocycles. The van der Waals surface area contributed by atoms with Gasteiger partial charge in [-0.15, -0.1) is 0 Å². The van der Waals surface area contributed by atoms with E-state index in [0.717, 1.165) is 26.7 Å². The fourth-order valence-electron chi connectivity index (χ4n) is 3.91. The largest absolute Gasteiger partial charge is 0.481 e. The Labute approximate surface area is 199 Å². The quantitative estimate of drug-likeness (QED) is 0.354. The van der Waals surface area contributed by atoms with Crippen LogP contribution in [-0.2, 0) is 4.79 Å². The van der Waals surface area contributed by atoms with E-state index in [4.69, 9.17) is 4.98 Å². The SMILES string of the molecule is Cc1c(-c2ccccc2)nc2ccc(Br)cc2c1C(=O)NC[C@H](CC(=O)O)c1ccccn1. The molecule has 0 aliphatic carbocycles. The Hall–Kier alpha value is -3.58. The third-order valence-corrected chi connectivity index (χ3v) is 5.99. The number of hydrogen-bond donors (Lipinski definition) is 2. The van der Waals surface area contributed by atoms with E-state index in [2.05, 4.69) is 26.2 Å². The molecule has 2 aromatic heterocycles. The molecule has 0 radical (unpaired) electrons. The van der Waals surface area contributed by atoms with Gasteiger partial charge in [-0.25, -0.2) is 4.98 Å². The number of amides is 1. The monoisotopic (exact) mass is 503 g/mol. The number of nitrogens with zero attached hydrogens (tertiary/aromatic N) is 2. The highest BCUT2D eigenvalue weighted by Gasteiger charge is 2.22. The van der Waals surface area contributed by atoms with Gasteiger partial charge in [0.2, 0.25) is 0 Å². The lowest BCUT2D eigenvalue weighted by Gasteiger charge is -2.18. The molecular formula is C26H22BrN3O3. The smallest absolute Gasteiger partial charge is 0.304 e. The van der Waals surface area contributed by atoms with Gasteiger partial charge in [0.15, 0.2) is 0 Å². The molecule has 2 N–H and O–H groups in total. The molecule has 1 amide bonds. The van der Waals surface area contributed by atoms with Gasteiger partial charge in [0.1, 0.15) is 0 Å². The molecule has 6 nitrogen and oxygen atoms in total. The van der Waals surface area contributed by atoms with Gasteiger partial charge in [-0.1, -0.05) is 52.3 Å². The van der Waals surface area contributed by atoms with Crippen molar-refractivity contribution in [2.75, 3.05) is 6.54 Å². The number of carbonyl (C=O) groups is 2. The topological polar surface area (TPSA) is 92.2 Å². The second kappa shape index (κ2) is 9.92. The highest BCUT2D eigenvalue weighted by atomic mass is 79.9. The van der Waals surface area contributed by atoms with Gasteiger partial charge in [-0.3, -0.25) is 14.6 Å². The fraction of sp³-hybridized carbons (Fsp3) is 0.154.